The van der Waals surface area contributed by atoms with Gasteiger partial charge in [0.25, 0.3) is 0 Å². The summed E-state index contributed by atoms with van der Waals surface area (Å²) >= 11 is 1.61. The smallest absolute Gasteiger partial charge is 0.182 e. The summed E-state index contributed by atoms with van der Waals surface area (Å²) in [6.45, 7) is 0.788. The van der Waals surface area contributed by atoms with E-state index in [0.29, 0.717) is 0 Å². The average molecular weight is 256 g/mol. The van der Waals surface area contributed by atoms with Crippen LogP contribution in [-0.2, 0) is 6.54 Å². The number of thiazole rings is 1. The van der Waals surface area contributed by atoms with Crippen LogP contribution in [0.4, 0.5) is 5.13 Å². The van der Waals surface area contributed by atoms with E-state index in [1.807, 2.05) is 11.4 Å². The first-order valence-corrected chi connectivity index (χ1v) is 6.52. The summed E-state index contributed by atoms with van der Waals surface area (Å²) in [7, 11) is 0. The van der Waals surface area contributed by atoms with Crippen LogP contribution in [0.3, 0.4) is 0 Å². The summed E-state index contributed by atoms with van der Waals surface area (Å²) in [5.74, 6) is 0. The van der Waals surface area contributed by atoms with Gasteiger partial charge in [-0.25, -0.2) is 4.98 Å². The van der Waals surface area contributed by atoms with E-state index in [9.17, 15) is 0 Å². The van der Waals surface area contributed by atoms with Crippen molar-refractivity contribution in [3.05, 3.63) is 53.7 Å². The van der Waals surface area contributed by atoms with Gasteiger partial charge in [0.2, 0.25) is 0 Å². The highest BCUT2D eigenvalue weighted by atomic mass is 32.1. The van der Waals surface area contributed by atoms with Crippen molar-refractivity contribution in [2.24, 2.45) is 0 Å². The summed E-state index contributed by atoms with van der Waals surface area (Å²) in [5.41, 5.74) is 3.41. The van der Waals surface area contributed by atoms with Gasteiger partial charge >= 0.3 is 0 Å². The molecule has 18 heavy (non-hydrogen) atoms. The minimum Gasteiger partial charge on any atom is -0.357 e. The Balaban J connectivity index is 1.68. The van der Waals surface area contributed by atoms with Crippen molar-refractivity contribution < 1.29 is 0 Å². The molecule has 1 aromatic carbocycles. The van der Waals surface area contributed by atoms with Gasteiger partial charge in [-0.3, -0.25) is 5.10 Å². The molecule has 0 saturated carbocycles. The number of hydrogen-bond donors (Lipinski definition) is 2. The Morgan fingerprint density at radius 1 is 1.11 bits per heavy atom. The lowest BCUT2D eigenvalue weighted by atomic mass is 10.1. The Labute approximate surface area is 109 Å². The lowest BCUT2D eigenvalue weighted by molar-refractivity contribution is 1.09. The molecule has 5 heteroatoms. The zero-order valence-corrected chi connectivity index (χ0v) is 10.4. The average Bonchev–Trinajstić information content (AvgIpc) is 3.10. The van der Waals surface area contributed by atoms with Crippen molar-refractivity contribution in [2.75, 3.05) is 5.32 Å². The van der Waals surface area contributed by atoms with E-state index in [-0.39, 0.29) is 0 Å². The molecule has 3 aromatic rings. The normalized spacial score (nSPS) is 10.4. The number of rotatable bonds is 4. The second-order valence-corrected chi connectivity index (χ2v) is 4.75. The van der Waals surface area contributed by atoms with Gasteiger partial charge in [0.1, 0.15) is 0 Å². The highest BCUT2D eigenvalue weighted by Gasteiger charge is 1.99. The molecular weight excluding hydrogens is 244 g/mol. The second kappa shape index (κ2) is 5.01. The Morgan fingerprint density at radius 2 is 2.00 bits per heavy atom. The Morgan fingerprint density at radius 3 is 2.67 bits per heavy atom. The van der Waals surface area contributed by atoms with E-state index < -0.39 is 0 Å². The first kappa shape index (κ1) is 11.0. The number of benzene rings is 1. The lowest BCUT2D eigenvalue weighted by Gasteiger charge is -2.04. The van der Waals surface area contributed by atoms with Crippen LogP contribution in [0.25, 0.3) is 11.3 Å². The van der Waals surface area contributed by atoms with Crippen LogP contribution in [0.15, 0.2) is 48.1 Å². The number of aromatic nitrogens is 3. The first-order chi connectivity index (χ1) is 8.92. The SMILES string of the molecule is c1cc(-c2ccc(CNc3nccs3)cc2)[nH]n1. The number of nitrogens with one attached hydrogen (secondary N) is 2. The number of hydrogen-bond acceptors (Lipinski definition) is 4. The van der Waals surface area contributed by atoms with Crippen LogP contribution in [0, 0.1) is 0 Å². The molecule has 0 unspecified atom stereocenters. The zero-order chi connectivity index (χ0) is 12.2. The summed E-state index contributed by atoms with van der Waals surface area (Å²) < 4.78 is 0. The number of anilines is 1. The third-order valence-corrected chi connectivity index (χ3v) is 3.37. The quantitative estimate of drug-likeness (QED) is 0.754. The van der Waals surface area contributed by atoms with Gasteiger partial charge in [-0.2, -0.15) is 5.10 Å². The topological polar surface area (TPSA) is 53.6 Å². The molecule has 2 heterocycles. The van der Waals surface area contributed by atoms with E-state index >= 15 is 0 Å². The number of H-pyrrole nitrogens is 1. The lowest BCUT2D eigenvalue weighted by Crippen LogP contribution is -1.98. The highest BCUT2D eigenvalue weighted by Crippen LogP contribution is 2.17. The van der Waals surface area contributed by atoms with Crippen molar-refractivity contribution in [1.82, 2.24) is 15.2 Å². The molecule has 0 amide bonds. The molecule has 2 aromatic heterocycles. The van der Waals surface area contributed by atoms with Crippen LogP contribution in [0.2, 0.25) is 0 Å². The Kier molecular flexibility index (Phi) is 3.06. The maximum atomic E-state index is 4.18. The summed E-state index contributed by atoms with van der Waals surface area (Å²) in [6.07, 6.45) is 3.56. The summed E-state index contributed by atoms with van der Waals surface area (Å²) in [4.78, 5) is 4.18. The molecule has 0 atom stereocenters. The van der Waals surface area contributed by atoms with Crippen LogP contribution in [0.5, 0.6) is 0 Å². The molecule has 0 aliphatic rings. The van der Waals surface area contributed by atoms with E-state index in [0.717, 1.165) is 22.9 Å². The molecule has 2 N–H and O–H groups in total. The Hall–Kier alpha value is -2.14. The molecule has 4 nitrogen and oxygen atoms in total. The minimum absolute atomic E-state index is 0.788. The molecular formula is C13H12N4S. The third kappa shape index (κ3) is 2.41. The molecule has 0 aliphatic carbocycles. The zero-order valence-electron chi connectivity index (χ0n) is 9.63. The van der Waals surface area contributed by atoms with Gasteiger partial charge in [-0.15, -0.1) is 11.3 Å². The number of nitrogens with zero attached hydrogens (tertiary/aromatic N) is 2. The predicted octanol–water partition coefficient (Wildman–Crippen LogP) is 3.15. The van der Waals surface area contributed by atoms with Crippen LogP contribution < -0.4 is 5.32 Å². The van der Waals surface area contributed by atoms with Gasteiger partial charge in [0.05, 0.1) is 5.69 Å². The molecule has 0 saturated heterocycles. The molecule has 90 valence electrons. The first-order valence-electron chi connectivity index (χ1n) is 5.64. The minimum atomic E-state index is 0.788. The Bertz CT molecular complexity index is 584. The van der Waals surface area contributed by atoms with Gasteiger partial charge in [0, 0.05) is 24.3 Å². The van der Waals surface area contributed by atoms with Crippen LogP contribution in [0.1, 0.15) is 5.56 Å². The van der Waals surface area contributed by atoms with Gasteiger partial charge in [-0.05, 0) is 17.2 Å². The maximum absolute atomic E-state index is 4.18. The molecule has 0 spiro atoms. The van der Waals surface area contributed by atoms with Crippen LogP contribution >= 0.6 is 11.3 Å². The summed E-state index contributed by atoms with van der Waals surface area (Å²) in [5, 5.41) is 13.1. The van der Waals surface area contributed by atoms with Crippen molar-refractivity contribution in [3.8, 4) is 11.3 Å². The number of aromatic amines is 1. The fourth-order valence-corrected chi connectivity index (χ4v) is 2.24. The molecule has 3 rings (SSSR count). The van der Waals surface area contributed by atoms with E-state index in [2.05, 4.69) is 44.8 Å². The van der Waals surface area contributed by atoms with Crippen LogP contribution in [-0.4, -0.2) is 15.2 Å². The fourth-order valence-electron chi connectivity index (χ4n) is 1.71. The predicted molar refractivity (Wildman–Crippen MR) is 73.5 cm³/mol. The molecule has 0 aliphatic heterocycles. The fraction of sp³-hybridized carbons (Fsp3) is 0.0769. The second-order valence-electron chi connectivity index (χ2n) is 3.86. The van der Waals surface area contributed by atoms with Crippen molar-refractivity contribution in [3.63, 3.8) is 0 Å². The van der Waals surface area contributed by atoms with Crippen molar-refractivity contribution in [2.45, 2.75) is 6.54 Å². The van der Waals surface area contributed by atoms with E-state index in [4.69, 9.17) is 0 Å². The molecule has 0 bridgehead atoms. The van der Waals surface area contributed by atoms with E-state index in [1.165, 1.54) is 5.56 Å². The molecule has 0 radical (unpaired) electrons. The molecule has 0 fully saturated rings. The van der Waals surface area contributed by atoms with Crippen molar-refractivity contribution in [1.29, 1.82) is 0 Å². The van der Waals surface area contributed by atoms with Crippen molar-refractivity contribution >= 4 is 16.5 Å². The maximum Gasteiger partial charge on any atom is 0.182 e. The largest absolute Gasteiger partial charge is 0.357 e. The van der Waals surface area contributed by atoms with Gasteiger partial charge < -0.3 is 5.32 Å². The highest BCUT2D eigenvalue weighted by molar-refractivity contribution is 7.13. The standard InChI is InChI=1S/C13H12N4S/c1-3-11(12-5-6-16-17-12)4-2-10(1)9-15-13-14-7-8-18-13/h1-8H,9H2,(H,14,15)(H,16,17). The van der Waals surface area contributed by atoms with Gasteiger partial charge in [-0.1, -0.05) is 24.3 Å². The van der Waals surface area contributed by atoms with E-state index in [1.54, 1.807) is 23.7 Å². The monoisotopic (exact) mass is 256 g/mol. The summed E-state index contributed by atoms with van der Waals surface area (Å²) in [6, 6.07) is 10.4. The third-order valence-electron chi connectivity index (χ3n) is 2.64. The van der Waals surface area contributed by atoms with Gasteiger partial charge in [0.15, 0.2) is 5.13 Å².